The van der Waals surface area contributed by atoms with Crippen LogP contribution >= 0.6 is 0 Å². The molecule has 0 saturated carbocycles. The molecule has 1 aromatic carbocycles. The van der Waals surface area contributed by atoms with E-state index in [2.05, 4.69) is 44.3 Å². The highest BCUT2D eigenvalue weighted by Gasteiger charge is 2.01. The molecular formula is C14H23N. The van der Waals surface area contributed by atoms with E-state index in [0.717, 1.165) is 13.1 Å². The predicted molar refractivity (Wildman–Crippen MR) is 67.2 cm³/mol. The first kappa shape index (κ1) is 12.3. The van der Waals surface area contributed by atoms with E-state index in [0.29, 0.717) is 0 Å². The zero-order valence-corrected chi connectivity index (χ0v) is 10.3. The maximum absolute atomic E-state index is 3.40. The molecule has 0 bridgehead atoms. The van der Waals surface area contributed by atoms with Crippen molar-refractivity contribution in [3.8, 4) is 0 Å². The normalized spacial score (nSPS) is 10.6. The number of hydrogen-bond acceptors (Lipinski definition) is 1. The third-order valence-electron chi connectivity index (χ3n) is 2.73. The van der Waals surface area contributed by atoms with E-state index in [1.54, 1.807) is 0 Å². The third-order valence-corrected chi connectivity index (χ3v) is 2.73. The van der Waals surface area contributed by atoms with Gasteiger partial charge in [0.25, 0.3) is 0 Å². The fraction of sp³-hybridized carbons (Fsp3) is 0.571. The fourth-order valence-corrected chi connectivity index (χ4v) is 1.79. The van der Waals surface area contributed by atoms with Gasteiger partial charge < -0.3 is 5.32 Å². The van der Waals surface area contributed by atoms with Crippen LogP contribution < -0.4 is 5.32 Å². The second-order valence-electron chi connectivity index (χ2n) is 4.16. The number of nitrogens with one attached hydrogen (secondary N) is 1. The summed E-state index contributed by atoms with van der Waals surface area (Å²) >= 11 is 0. The lowest BCUT2D eigenvalue weighted by Crippen LogP contribution is -2.13. The Morgan fingerprint density at radius 3 is 2.60 bits per heavy atom. The second-order valence-corrected chi connectivity index (χ2v) is 4.16. The Labute approximate surface area is 93.9 Å². The molecule has 1 N–H and O–H groups in total. The van der Waals surface area contributed by atoms with Crippen molar-refractivity contribution in [2.75, 3.05) is 6.54 Å². The van der Waals surface area contributed by atoms with Gasteiger partial charge in [0.1, 0.15) is 0 Å². The van der Waals surface area contributed by atoms with Crippen molar-refractivity contribution in [1.29, 1.82) is 0 Å². The molecule has 0 unspecified atom stereocenters. The van der Waals surface area contributed by atoms with Crippen LogP contribution in [0.2, 0.25) is 0 Å². The van der Waals surface area contributed by atoms with Crippen LogP contribution in [0, 0.1) is 6.92 Å². The molecule has 0 saturated heterocycles. The van der Waals surface area contributed by atoms with Gasteiger partial charge in [-0.05, 0) is 37.4 Å². The zero-order valence-electron chi connectivity index (χ0n) is 10.3. The molecule has 0 heterocycles. The average Bonchev–Trinajstić information content (AvgIpc) is 2.25. The minimum atomic E-state index is 1.01. The summed E-state index contributed by atoms with van der Waals surface area (Å²) in [6, 6.07) is 6.81. The van der Waals surface area contributed by atoms with E-state index >= 15 is 0 Å². The fourth-order valence-electron chi connectivity index (χ4n) is 1.79. The number of hydrogen-bond donors (Lipinski definition) is 1. The molecule has 1 aromatic rings. The van der Waals surface area contributed by atoms with Crippen molar-refractivity contribution in [1.82, 2.24) is 5.32 Å². The summed E-state index contributed by atoms with van der Waals surface area (Å²) in [7, 11) is 0. The van der Waals surface area contributed by atoms with Gasteiger partial charge in [-0.2, -0.15) is 0 Å². The lowest BCUT2D eigenvalue weighted by molar-refractivity contribution is 0.710. The summed E-state index contributed by atoms with van der Waals surface area (Å²) in [5.74, 6) is 0. The molecule has 0 atom stereocenters. The molecule has 0 aliphatic heterocycles. The van der Waals surface area contributed by atoms with E-state index in [1.165, 1.54) is 36.0 Å². The van der Waals surface area contributed by atoms with E-state index < -0.39 is 0 Å². The lowest BCUT2D eigenvalue weighted by atomic mass is 9.99. The zero-order chi connectivity index (χ0) is 11.1. The summed E-state index contributed by atoms with van der Waals surface area (Å²) < 4.78 is 0. The maximum Gasteiger partial charge on any atom is 0.0208 e. The van der Waals surface area contributed by atoms with Gasteiger partial charge in [-0.25, -0.2) is 0 Å². The lowest BCUT2D eigenvalue weighted by Gasteiger charge is -2.10. The van der Waals surface area contributed by atoms with E-state index in [4.69, 9.17) is 0 Å². The first-order valence-corrected chi connectivity index (χ1v) is 6.07. The maximum atomic E-state index is 3.40. The van der Waals surface area contributed by atoms with E-state index in [-0.39, 0.29) is 0 Å². The van der Waals surface area contributed by atoms with Crippen LogP contribution in [0.25, 0.3) is 0 Å². The molecule has 1 heteroatoms. The molecule has 15 heavy (non-hydrogen) atoms. The smallest absolute Gasteiger partial charge is 0.0208 e. The molecule has 1 nitrogen and oxygen atoms in total. The molecule has 84 valence electrons. The molecule has 0 aliphatic carbocycles. The summed E-state index contributed by atoms with van der Waals surface area (Å²) in [4.78, 5) is 0. The summed E-state index contributed by atoms with van der Waals surface area (Å²) in [5, 5.41) is 3.40. The number of benzene rings is 1. The van der Waals surface area contributed by atoms with Gasteiger partial charge in [-0.3, -0.25) is 0 Å². The predicted octanol–water partition coefficient (Wildman–Crippen LogP) is 3.45. The van der Waals surface area contributed by atoms with Crippen molar-refractivity contribution in [3.05, 3.63) is 34.9 Å². The first-order valence-electron chi connectivity index (χ1n) is 6.07. The van der Waals surface area contributed by atoms with Gasteiger partial charge in [0.2, 0.25) is 0 Å². The Balaban J connectivity index is 2.73. The molecule has 0 aliphatic rings. The van der Waals surface area contributed by atoms with Crippen LogP contribution in [-0.2, 0) is 13.0 Å². The standard InChI is InChI=1S/C14H23N/c1-4-6-7-13-10-12(3)8-9-14(13)11-15-5-2/h8-10,15H,4-7,11H2,1-3H3. The van der Waals surface area contributed by atoms with E-state index in [1.807, 2.05) is 0 Å². The van der Waals surface area contributed by atoms with Gasteiger partial charge in [0, 0.05) is 6.54 Å². The molecule has 1 rings (SSSR count). The Bertz CT molecular complexity index is 291. The highest BCUT2D eigenvalue weighted by molar-refractivity contribution is 5.31. The van der Waals surface area contributed by atoms with Crippen molar-refractivity contribution < 1.29 is 0 Å². The van der Waals surface area contributed by atoms with Crippen molar-refractivity contribution in [2.24, 2.45) is 0 Å². The molecule has 0 radical (unpaired) electrons. The quantitative estimate of drug-likeness (QED) is 0.750. The van der Waals surface area contributed by atoms with Crippen molar-refractivity contribution >= 4 is 0 Å². The first-order chi connectivity index (χ1) is 7.27. The van der Waals surface area contributed by atoms with Crippen molar-refractivity contribution in [3.63, 3.8) is 0 Å². The Morgan fingerprint density at radius 1 is 1.13 bits per heavy atom. The van der Waals surface area contributed by atoms with Gasteiger partial charge in [-0.15, -0.1) is 0 Å². The molecule has 0 aromatic heterocycles. The monoisotopic (exact) mass is 205 g/mol. The Morgan fingerprint density at radius 2 is 1.93 bits per heavy atom. The highest BCUT2D eigenvalue weighted by atomic mass is 14.8. The topological polar surface area (TPSA) is 12.0 Å². The minimum Gasteiger partial charge on any atom is -0.313 e. The molecule has 0 spiro atoms. The number of unbranched alkanes of at least 4 members (excludes halogenated alkanes) is 1. The Kier molecular flexibility index (Phi) is 5.41. The third kappa shape index (κ3) is 4.05. The van der Waals surface area contributed by atoms with E-state index in [9.17, 15) is 0 Å². The van der Waals surface area contributed by atoms with Crippen LogP contribution in [0.3, 0.4) is 0 Å². The highest BCUT2D eigenvalue weighted by Crippen LogP contribution is 2.14. The van der Waals surface area contributed by atoms with Gasteiger partial charge in [0.05, 0.1) is 0 Å². The Hall–Kier alpha value is -0.820. The largest absolute Gasteiger partial charge is 0.313 e. The molecule has 0 fully saturated rings. The van der Waals surface area contributed by atoms with Gasteiger partial charge >= 0.3 is 0 Å². The molecule has 0 amide bonds. The number of aryl methyl sites for hydroxylation is 2. The second kappa shape index (κ2) is 6.62. The van der Waals surface area contributed by atoms with Crippen LogP contribution in [-0.4, -0.2) is 6.54 Å². The number of rotatable bonds is 6. The van der Waals surface area contributed by atoms with Crippen molar-refractivity contribution in [2.45, 2.75) is 46.6 Å². The van der Waals surface area contributed by atoms with Crippen LogP contribution in [0.4, 0.5) is 0 Å². The van der Waals surface area contributed by atoms with Gasteiger partial charge in [0.15, 0.2) is 0 Å². The molecular weight excluding hydrogens is 182 g/mol. The van der Waals surface area contributed by atoms with Crippen LogP contribution in [0.5, 0.6) is 0 Å². The SMILES string of the molecule is CCCCc1cc(C)ccc1CNCC. The summed E-state index contributed by atoms with van der Waals surface area (Å²) in [5.41, 5.74) is 4.37. The van der Waals surface area contributed by atoms with Crippen LogP contribution in [0.1, 0.15) is 43.4 Å². The van der Waals surface area contributed by atoms with Gasteiger partial charge in [-0.1, -0.05) is 44.0 Å². The van der Waals surface area contributed by atoms with Crippen LogP contribution in [0.15, 0.2) is 18.2 Å². The summed E-state index contributed by atoms with van der Waals surface area (Å²) in [6.45, 7) is 8.63. The minimum absolute atomic E-state index is 1.01. The average molecular weight is 205 g/mol. The summed E-state index contributed by atoms with van der Waals surface area (Å²) in [6.07, 6.45) is 3.79.